The smallest absolute Gasteiger partial charge is 0.407 e. The molecule has 6 nitrogen and oxygen atoms in total. The van der Waals surface area contributed by atoms with Crippen LogP contribution in [0.5, 0.6) is 0 Å². The predicted molar refractivity (Wildman–Crippen MR) is 38.6 cm³/mol. The minimum Gasteiger partial charge on any atom is -0.465 e. The van der Waals surface area contributed by atoms with Crippen molar-refractivity contribution >= 4 is 12.0 Å². The Morgan fingerprint density at radius 3 is 2.92 bits per heavy atom. The van der Waals surface area contributed by atoms with Gasteiger partial charge < -0.3 is 15.5 Å². The van der Waals surface area contributed by atoms with Crippen LogP contribution in [0.2, 0.25) is 0 Å². The molecular weight excluding hydrogens is 164 g/mol. The van der Waals surface area contributed by atoms with Crippen LogP contribution in [-0.4, -0.2) is 52.9 Å². The van der Waals surface area contributed by atoms with Gasteiger partial charge in [0, 0.05) is 6.54 Å². The highest BCUT2D eigenvalue weighted by Gasteiger charge is 2.26. The third kappa shape index (κ3) is 1.85. The third-order valence-corrected chi connectivity index (χ3v) is 1.63. The molecule has 0 radical (unpaired) electrons. The number of aliphatic hydroxyl groups excluding tert-OH is 1. The summed E-state index contributed by atoms with van der Waals surface area (Å²) >= 11 is 0. The van der Waals surface area contributed by atoms with Crippen molar-refractivity contribution < 1.29 is 19.8 Å². The first-order valence-corrected chi connectivity index (χ1v) is 3.51. The Bertz CT molecular complexity index is 206. The lowest BCUT2D eigenvalue weighted by molar-refractivity contribution is -0.125. The molecule has 1 heterocycles. The Morgan fingerprint density at radius 2 is 2.42 bits per heavy atom. The molecule has 2 amide bonds. The van der Waals surface area contributed by atoms with E-state index in [2.05, 4.69) is 5.32 Å². The van der Waals surface area contributed by atoms with Crippen LogP contribution in [0.1, 0.15) is 0 Å². The Morgan fingerprint density at radius 1 is 1.75 bits per heavy atom. The largest absolute Gasteiger partial charge is 0.465 e. The highest BCUT2D eigenvalue weighted by atomic mass is 16.4. The number of nitrogens with one attached hydrogen (secondary N) is 1. The predicted octanol–water partition coefficient (Wildman–Crippen LogP) is -1.54. The number of piperazine rings is 1. The van der Waals surface area contributed by atoms with Crippen molar-refractivity contribution in [2.24, 2.45) is 0 Å². The van der Waals surface area contributed by atoms with Gasteiger partial charge in [0.05, 0.1) is 12.6 Å². The second kappa shape index (κ2) is 3.40. The molecule has 0 aromatic rings. The van der Waals surface area contributed by atoms with Gasteiger partial charge in [-0.2, -0.15) is 0 Å². The maximum atomic E-state index is 10.8. The zero-order valence-electron chi connectivity index (χ0n) is 6.36. The van der Waals surface area contributed by atoms with Gasteiger partial charge in [0.15, 0.2) is 0 Å². The molecule has 1 atom stereocenters. The Hall–Kier alpha value is -1.30. The molecule has 0 aliphatic carbocycles. The van der Waals surface area contributed by atoms with Crippen molar-refractivity contribution in [1.82, 2.24) is 10.2 Å². The van der Waals surface area contributed by atoms with Gasteiger partial charge in [-0.1, -0.05) is 0 Å². The summed E-state index contributed by atoms with van der Waals surface area (Å²) < 4.78 is 0. The first kappa shape index (κ1) is 8.79. The standard InChI is InChI=1S/C6H10N2O4/c9-3-4-1-8(6(11)12)2-5(10)7-4/h4,9H,1-3H2,(H,7,10)(H,11,12)/t4-/m0/s1. The van der Waals surface area contributed by atoms with Gasteiger partial charge in [0.1, 0.15) is 6.54 Å². The molecule has 68 valence electrons. The summed E-state index contributed by atoms with van der Waals surface area (Å²) in [5.41, 5.74) is 0. The lowest BCUT2D eigenvalue weighted by Gasteiger charge is -2.29. The second-order valence-corrected chi connectivity index (χ2v) is 2.61. The van der Waals surface area contributed by atoms with Crippen LogP contribution in [0.3, 0.4) is 0 Å². The fourth-order valence-electron chi connectivity index (χ4n) is 1.07. The van der Waals surface area contributed by atoms with Gasteiger partial charge in [0.25, 0.3) is 0 Å². The molecule has 1 aliphatic heterocycles. The molecule has 1 saturated heterocycles. The van der Waals surface area contributed by atoms with E-state index in [1.807, 2.05) is 0 Å². The third-order valence-electron chi connectivity index (χ3n) is 1.63. The number of carbonyl (C=O) groups excluding carboxylic acids is 1. The monoisotopic (exact) mass is 174 g/mol. The fourth-order valence-corrected chi connectivity index (χ4v) is 1.07. The van der Waals surface area contributed by atoms with Crippen LogP contribution in [0, 0.1) is 0 Å². The Labute approximate surface area is 68.8 Å². The number of aliphatic hydroxyl groups is 1. The lowest BCUT2D eigenvalue weighted by atomic mass is 10.2. The molecule has 0 aromatic carbocycles. The first-order valence-electron chi connectivity index (χ1n) is 3.51. The minimum absolute atomic E-state index is 0.147. The van der Waals surface area contributed by atoms with E-state index in [-0.39, 0.29) is 25.6 Å². The Balaban J connectivity index is 2.56. The van der Waals surface area contributed by atoms with Crippen LogP contribution in [0.4, 0.5) is 4.79 Å². The van der Waals surface area contributed by atoms with Crippen LogP contribution < -0.4 is 5.32 Å². The molecule has 1 rings (SSSR count). The molecule has 0 aromatic heterocycles. The summed E-state index contributed by atoms with van der Waals surface area (Å²) in [6.07, 6.45) is -1.14. The number of hydrogen-bond acceptors (Lipinski definition) is 3. The average molecular weight is 174 g/mol. The van der Waals surface area contributed by atoms with Gasteiger partial charge in [-0.15, -0.1) is 0 Å². The van der Waals surface area contributed by atoms with Gasteiger partial charge >= 0.3 is 6.09 Å². The van der Waals surface area contributed by atoms with E-state index in [0.29, 0.717) is 0 Å². The van der Waals surface area contributed by atoms with E-state index in [1.165, 1.54) is 0 Å². The summed E-state index contributed by atoms with van der Waals surface area (Å²) in [5.74, 6) is -0.372. The highest BCUT2D eigenvalue weighted by molar-refractivity contribution is 5.83. The van der Waals surface area contributed by atoms with Gasteiger partial charge in [0.2, 0.25) is 5.91 Å². The second-order valence-electron chi connectivity index (χ2n) is 2.61. The molecule has 12 heavy (non-hydrogen) atoms. The molecule has 0 bridgehead atoms. The van der Waals surface area contributed by atoms with Crippen molar-refractivity contribution in [2.75, 3.05) is 19.7 Å². The highest BCUT2D eigenvalue weighted by Crippen LogP contribution is 1.99. The van der Waals surface area contributed by atoms with E-state index < -0.39 is 12.1 Å². The van der Waals surface area contributed by atoms with E-state index in [1.54, 1.807) is 0 Å². The molecule has 1 fully saturated rings. The van der Waals surface area contributed by atoms with E-state index >= 15 is 0 Å². The number of carboxylic acid groups (broad SMARTS) is 1. The minimum atomic E-state index is -1.14. The summed E-state index contributed by atoms with van der Waals surface area (Å²) in [6, 6.07) is -0.470. The molecule has 0 saturated carbocycles. The molecular formula is C6H10N2O4. The number of nitrogens with zero attached hydrogens (tertiary/aromatic N) is 1. The van der Waals surface area contributed by atoms with E-state index in [0.717, 1.165) is 4.90 Å². The molecule has 0 unspecified atom stereocenters. The van der Waals surface area contributed by atoms with Crippen molar-refractivity contribution in [3.63, 3.8) is 0 Å². The normalized spacial score (nSPS) is 23.6. The summed E-state index contributed by atoms with van der Waals surface area (Å²) in [6.45, 7) is -0.237. The van der Waals surface area contributed by atoms with Crippen molar-refractivity contribution in [3.8, 4) is 0 Å². The quantitative estimate of drug-likeness (QED) is 0.449. The average Bonchev–Trinajstić information content (AvgIpc) is 2.03. The van der Waals surface area contributed by atoms with Crippen LogP contribution in [0.25, 0.3) is 0 Å². The summed E-state index contributed by atoms with van der Waals surface area (Å²) in [5, 5.41) is 19.7. The zero-order valence-corrected chi connectivity index (χ0v) is 6.36. The van der Waals surface area contributed by atoms with E-state index in [4.69, 9.17) is 10.2 Å². The lowest BCUT2D eigenvalue weighted by Crippen LogP contribution is -2.56. The van der Waals surface area contributed by atoms with Gasteiger partial charge in [-0.05, 0) is 0 Å². The number of amides is 2. The number of carbonyl (C=O) groups is 2. The molecule has 3 N–H and O–H groups in total. The maximum absolute atomic E-state index is 10.8. The topological polar surface area (TPSA) is 89.9 Å². The maximum Gasteiger partial charge on any atom is 0.407 e. The zero-order chi connectivity index (χ0) is 9.14. The van der Waals surface area contributed by atoms with Crippen molar-refractivity contribution in [3.05, 3.63) is 0 Å². The molecule has 0 spiro atoms. The van der Waals surface area contributed by atoms with Gasteiger partial charge in [-0.25, -0.2) is 4.79 Å². The van der Waals surface area contributed by atoms with Gasteiger partial charge in [-0.3, -0.25) is 9.69 Å². The summed E-state index contributed by atoms with van der Waals surface area (Å²) in [7, 11) is 0. The molecule has 1 aliphatic rings. The SMILES string of the molecule is O=C1CN(C(=O)O)C[C@@H](CO)N1. The fraction of sp³-hybridized carbons (Fsp3) is 0.667. The first-order chi connectivity index (χ1) is 5.63. The van der Waals surface area contributed by atoms with Crippen LogP contribution >= 0.6 is 0 Å². The summed E-state index contributed by atoms with van der Waals surface area (Å²) in [4.78, 5) is 22.2. The Kier molecular flexibility index (Phi) is 2.49. The molecule has 6 heteroatoms. The number of hydrogen-bond donors (Lipinski definition) is 3. The van der Waals surface area contributed by atoms with Crippen LogP contribution in [-0.2, 0) is 4.79 Å². The number of rotatable bonds is 1. The van der Waals surface area contributed by atoms with Crippen LogP contribution in [0.15, 0.2) is 0 Å². The van der Waals surface area contributed by atoms with E-state index in [9.17, 15) is 9.59 Å². The van der Waals surface area contributed by atoms with Crippen molar-refractivity contribution in [1.29, 1.82) is 0 Å². The van der Waals surface area contributed by atoms with Crippen molar-refractivity contribution in [2.45, 2.75) is 6.04 Å².